The zero-order valence-corrected chi connectivity index (χ0v) is 22.8. The second-order valence-corrected chi connectivity index (χ2v) is 8.97. The van der Waals surface area contributed by atoms with E-state index in [4.69, 9.17) is 25.8 Å². The molecule has 1 N–H and O–H groups in total. The predicted molar refractivity (Wildman–Crippen MR) is 144 cm³/mol. The Labute approximate surface area is 223 Å². The van der Waals surface area contributed by atoms with Crippen molar-refractivity contribution < 1.29 is 28.9 Å². The third-order valence-corrected chi connectivity index (χ3v) is 6.83. The highest BCUT2D eigenvalue weighted by atomic mass is 35.5. The first-order chi connectivity index (χ1) is 17.8. The van der Waals surface area contributed by atoms with Crippen molar-refractivity contribution in [3.05, 3.63) is 58.1 Å². The lowest BCUT2D eigenvalue weighted by molar-refractivity contribution is -0.140. The van der Waals surface area contributed by atoms with E-state index in [1.807, 2.05) is 6.92 Å². The number of halogens is 1. The number of aliphatic hydroxyl groups excluding tert-OH is 1. The van der Waals surface area contributed by atoms with E-state index in [2.05, 4.69) is 18.7 Å². The summed E-state index contributed by atoms with van der Waals surface area (Å²) in [5.74, 6) is -0.257. The van der Waals surface area contributed by atoms with Crippen molar-refractivity contribution in [2.75, 3.05) is 47.0 Å². The van der Waals surface area contributed by atoms with Gasteiger partial charge in [0.05, 0.1) is 37.5 Å². The molecule has 1 heterocycles. The molecule has 2 aromatic carbocycles. The minimum absolute atomic E-state index is 0.000264. The highest BCUT2D eigenvalue weighted by Gasteiger charge is 2.46. The average Bonchev–Trinajstić information content (AvgIpc) is 3.16. The molecule has 3 rings (SSSR count). The van der Waals surface area contributed by atoms with Crippen molar-refractivity contribution in [3.8, 4) is 17.2 Å². The minimum atomic E-state index is -0.804. The number of rotatable bonds is 12. The molecule has 1 aliphatic rings. The topological polar surface area (TPSA) is 88.5 Å². The zero-order chi connectivity index (χ0) is 27.1. The van der Waals surface area contributed by atoms with Gasteiger partial charge < -0.3 is 29.1 Å². The Bertz CT molecular complexity index is 1160. The molecule has 1 aliphatic heterocycles. The Balaban J connectivity index is 2.10. The van der Waals surface area contributed by atoms with Crippen LogP contribution in [0.3, 0.4) is 0 Å². The quantitative estimate of drug-likeness (QED) is 0.237. The molecule has 8 nitrogen and oxygen atoms in total. The molecule has 0 spiro atoms. The van der Waals surface area contributed by atoms with E-state index in [0.29, 0.717) is 53.0 Å². The minimum Gasteiger partial charge on any atom is -0.507 e. The van der Waals surface area contributed by atoms with E-state index in [9.17, 15) is 14.7 Å². The molecule has 2 aromatic rings. The van der Waals surface area contributed by atoms with Gasteiger partial charge in [0.2, 0.25) is 0 Å². The van der Waals surface area contributed by atoms with E-state index in [-0.39, 0.29) is 11.3 Å². The summed E-state index contributed by atoms with van der Waals surface area (Å²) in [7, 11) is 3.05. The number of benzene rings is 2. The molecule has 0 bridgehead atoms. The molecule has 37 heavy (non-hydrogen) atoms. The van der Waals surface area contributed by atoms with Crippen LogP contribution in [0.4, 0.5) is 0 Å². The molecule has 1 atom stereocenters. The van der Waals surface area contributed by atoms with E-state index in [1.165, 1.54) is 25.2 Å². The van der Waals surface area contributed by atoms with Crippen molar-refractivity contribution in [3.63, 3.8) is 0 Å². The van der Waals surface area contributed by atoms with Crippen LogP contribution in [0.15, 0.2) is 42.0 Å². The third kappa shape index (κ3) is 6.02. The summed E-state index contributed by atoms with van der Waals surface area (Å²) in [4.78, 5) is 30.3. The SMILES string of the molecule is CCOc1ccc(C(O)=C2C(=O)C(=O)N(CCCN(CC)CC)[C@H]2c2ccc(OC)c(OC)c2)cc1Cl. The van der Waals surface area contributed by atoms with Crippen molar-refractivity contribution in [2.24, 2.45) is 0 Å². The van der Waals surface area contributed by atoms with Crippen LogP contribution in [0.2, 0.25) is 5.02 Å². The van der Waals surface area contributed by atoms with Gasteiger partial charge in [0.15, 0.2) is 11.5 Å². The molecule has 1 amide bonds. The Morgan fingerprint density at radius 1 is 1.00 bits per heavy atom. The summed E-state index contributed by atoms with van der Waals surface area (Å²) in [6.45, 7) is 9.37. The molecule has 0 aliphatic carbocycles. The van der Waals surface area contributed by atoms with Crippen molar-refractivity contribution in [1.29, 1.82) is 0 Å². The highest BCUT2D eigenvalue weighted by Crippen LogP contribution is 2.42. The lowest BCUT2D eigenvalue weighted by Gasteiger charge is -2.27. The van der Waals surface area contributed by atoms with Crippen molar-refractivity contribution in [1.82, 2.24) is 9.80 Å². The zero-order valence-electron chi connectivity index (χ0n) is 22.0. The number of amides is 1. The largest absolute Gasteiger partial charge is 0.507 e. The molecule has 0 saturated carbocycles. The molecule has 200 valence electrons. The number of likely N-dealkylation sites (tertiary alicyclic amines) is 1. The Hall–Kier alpha value is -3.23. The first-order valence-electron chi connectivity index (χ1n) is 12.5. The van der Waals surface area contributed by atoms with Crippen molar-refractivity contribution in [2.45, 2.75) is 33.2 Å². The van der Waals surface area contributed by atoms with Crippen LogP contribution in [-0.4, -0.2) is 73.6 Å². The number of ether oxygens (including phenoxy) is 3. The summed E-state index contributed by atoms with van der Waals surface area (Å²) in [5, 5.41) is 11.6. The van der Waals surface area contributed by atoms with E-state index in [1.54, 1.807) is 30.3 Å². The lowest BCUT2D eigenvalue weighted by Crippen LogP contribution is -2.33. The Kier molecular flexibility index (Phi) is 9.83. The maximum atomic E-state index is 13.3. The molecule has 1 saturated heterocycles. The predicted octanol–water partition coefficient (Wildman–Crippen LogP) is 4.91. The molecule has 0 aromatic heterocycles. The molecular formula is C28H35ClN2O6. The normalized spacial score (nSPS) is 16.9. The van der Waals surface area contributed by atoms with Crippen LogP contribution in [0.25, 0.3) is 5.76 Å². The van der Waals surface area contributed by atoms with Gasteiger partial charge in [0.1, 0.15) is 11.5 Å². The van der Waals surface area contributed by atoms with E-state index < -0.39 is 17.7 Å². The van der Waals surface area contributed by atoms with E-state index in [0.717, 1.165) is 19.6 Å². The van der Waals surface area contributed by atoms with Crippen LogP contribution < -0.4 is 14.2 Å². The second-order valence-electron chi connectivity index (χ2n) is 8.57. The number of methoxy groups -OCH3 is 2. The molecule has 1 fully saturated rings. The Morgan fingerprint density at radius 3 is 2.27 bits per heavy atom. The van der Waals surface area contributed by atoms with Crippen LogP contribution in [0.1, 0.15) is 44.4 Å². The number of carbonyl (C=O) groups is 2. The van der Waals surface area contributed by atoms with Crippen LogP contribution >= 0.6 is 11.6 Å². The number of nitrogens with zero attached hydrogens (tertiary/aromatic N) is 2. The van der Waals surface area contributed by atoms with Gasteiger partial charge in [-0.15, -0.1) is 0 Å². The fourth-order valence-corrected chi connectivity index (χ4v) is 4.80. The third-order valence-electron chi connectivity index (χ3n) is 6.54. The maximum absolute atomic E-state index is 13.3. The van der Waals surface area contributed by atoms with Gasteiger partial charge in [-0.2, -0.15) is 0 Å². The molecular weight excluding hydrogens is 496 g/mol. The Morgan fingerprint density at radius 2 is 1.68 bits per heavy atom. The first kappa shape index (κ1) is 28.3. The van der Waals surface area contributed by atoms with Crippen LogP contribution in [0.5, 0.6) is 17.2 Å². The van der Waals surface area contributed by atoms with Gasteiger partial charge in [-0.1, -0.05) is 31.5 Å². The van der Waals surface area contributed by atoms with Gasteiger partial charge in [-0.3, -0.25) is 9.59 Å². The maximum Gasteiger partial charge on any atom is 0.295 e. The smallest absolute Gasteiger partial charge is 0.295 e. The van der Waals surface area contributed by atoms with Crippen molar-refractivity contribution >= 4 is 29.1 Å². The average molecular weight is 531 g/mol. The second kappa shape index (κ2) is 12.8. The van der Waals surface area contributed by atoms with Gasteiger partial charge in [0, 0.05) is 12.1 Å². The first-order valence-corrected chi connectivity index (χ1v) is 12.8. The van der Waals surface area contributed by atoms with Gasteiger partial charge in [-0.25, -0.2) is 0 Å². The molecule has 9 heteroatoms. The number of hydrogen-bond donors (Lipinski definition) is 1. The number of hydrogen-bond acceptors (Lipinski definition) is 7. The standard InChI is InChI=1S/C28H35ClN2O6/c1-6-30(7-2)14-9-15-31-25(18-10-13-22(35-4)23(17-18)36-5)24(27(33)28(31)34)26(32)19-11-12-21(37-8-3)20(29)16-19/h10-13,16-17,25,32H,6-9,14-15H2,1-5H3/t25-/m0/s1. The van der Waals surface area contributed by atoms with Gasteiger partial charge in [0.25, 0.3) is 11.7 Å². The summed E-state index contributed by atoms with van der Waals surface area (Å²) >= 11 is 6.35. The summed E-state index contributed by atoms with van der Waals surface area (Å²) in [6, 6.07) is 9.19. The molecule has 0 radical (unpaired) electrons. The summed E-state index contributed by atoms with van der Waals surface area (Å²) < 4.78 is 16.3. The van der Waals surface area contributed by atoms with Gasteiger partial charge >= 0.3 is 0 Å². The fraction of sp³-hybridized carbons (Fsp3) is 0.429. The summed E-state index contributed by atoms with van der Waals surface area (Å²) in [5.41, 5.74) is 0.943. The summed E-state index contributed by atoms with van der Waals surface area (Å²) in [6.07, 6.45) is 0.674. The number of Topliss-reactive ketones (excluding diaryl/α,β-unsaturated/α-hetero) is 1. The lowest BCUT2D eigenvalue weighted by atomic mass is 9.95. The van der Waals surface area contributed by atoms with Crippen LogP contribution in [0, 0.1) is 0 Å². The monoisotopic (exact) mass is 530 g/mol. The van der Waals surface area contributed by atoms with Crippen LogP contribution in [-0.2, 0) is 9.59 Å². The number of carbonyl (C=O) groups excluding carboxylic acids is 2. The fourth-order valence-electron chi connectivity index (χ4n) is 4.56. The number of ketones is 1. The number of aliphatic hydroxyl groups is 1. The highest BCUT2D eigenvalue weighted by molar-refractivity contribution is 6.46. The van der Waals surface area contributed by atoms with E-state index >= 15 is 0 Å². The molecule has 0 unspecified atom stereocenters. The van der Waals surface area contributed by atoms with Gasteiger partial charge in [-0.05, 0) is 68.9 Å².